The van der Waals surface area contributed by atoms with Gasteiger partial charge in [0.05, 0.1) is 0 Å². The molecule has 0 unspecified atom stereocenters. The summed E-state index contributed by atoms with van der Waals surface area (Å²) >= 11 is 0. The van der Waals surface area contributed by atoms with Crippen molar-refractivity contribution in [2.75, 3.05) is 11.5 Å². The van der Waals surface area contributed by atoms with Gasteiger partial charge in [-0.05, 0) is 0 Å². The summed E-state index contributed by atoms with van der Waals surface area (Å²) in [6.45, 7) is 0. The molecular weight excluding hydrogens is 204 g/mol. The first-order chi connectivity index (χ1) is 5.80. The molecule has 0 fully saturated rings. The molecule has 0 atom stereocenters. The SMILES string of the molecule is Nc1ccc[c-]1N.[Fe+2].c1cc[cH-]c1. The Morgan fingerprint density at radius 1 is 1.15 bits per heavy atom. The van der Waals surface area contributed by atoms with E-state index < -0.39 is 0 Å². The molecule has 0 aromatic heterocycles. The number of anilines is 2. The minimum Gasteiger partial charge on any atom is -0.448 e. The molecule has 0 amide bonds. The Bertz CT molecular complexity index is 265. The van der Waals surface area contributed by atoms with E-state index in [-0.39, 0.29) is 17.1 Å². The first kappa shape index (κ1) is 11.8. The first-order valence-electron chi connectivity index (χ1n) is 3.74. The zero-order chi connectivity index (χ0) is 8.81. The van der Waals surface area contributed by atoms with Crippen LogP contribution in [0.1, 0.15) is 0 Å². The maximum absolute atomic E-state index is 5.31. The minimum absolute atomic E-state index is 0. The van der Waals surface area contributed by atoms with Crippen LogP contribution in [0, 0.1) is 0 Å². The Morgan fingerprint density at radius 3 is 1.92 bits per heavy atom. The van der Waals surface area contributed by atoms with Crippen LogP contribution < -0.4 is 11.5 Å². The fourth-order valence-corrected chi connectivity index (χ4v) is 0.769. The maximum atomic E-state index is 5.31. The van der Waals surface area contributed by atoms with Crippen molar-refractivity contribution < 1.29 is 17.1 Å². The Labute approximate surface area is 88.7 Å². The molecule has 0 radical (unpaired) electrons. The van der Waals surface area contributed by atoms with E-state index in [0.29, 0.717) is 11.4 Å². The largest absolute Gasteiger partial charge is 2.00 e. The summed E-state index contributed by atoms with van der Waals surface area (Å²) < 4.78 is 0. The molecule has 70 valence electrons. The van der Waals surface area contributed by atoms with E-state index in [1.165, 1.54) is 0 Å². The predicted octanol–water partition coefficient (Wildman–Crippen LogP) is 1.97. The van der Waals surface area contributed by atoms with E-state index in [9.17, 15) is 0 Å². The van der Waals surface area contributed by atoms with E-state index >= 15 is 0 Å². The van der Waals surface area contributed by atoms with Gasteiger partial charge < -0.3 is 11.5 Å². The smallest absolute Gasteiger partial charge is 0.448 e. The minimum atomic E-state index is 0. The van der Waals surface area contributed by atoms with Crippen molar-refractivity contribution in [3.63, 3.8) is 0 Å². The van der Waals surface area contributed by atoms with Crippen LogP contribution in [-0.4, -0.2) is 0 Å². The predicted molar refractivity (Wildman–Crippen MR) is 52.9 cm³/mol. The Hall–Kier alpha value is -1.18. The van der Waals surface area contributed by atoms with Crippen LogP contribution >= 0.6 is 0 Å². The van der Waals surface area contributed by atoms with E-state index in [1.54, 1.807) is 12.1 Å². The number of hydrogen-bond donors (Lipinski definition) is 2. The molecule has 2 aromatic rings. The van der Waals surface area contributed by atoms with E-state index in [0.717, 1.165) is 0 Å². The second-order valence-electron chi connectivity index (χ2n) is 2.40. The zero-order valence-electron chi connectivity index (χ0n) is 7.13. The molecular formula is C10H12FeN2. The third-order valence-corrected chi connectivity index (χ3v) is 1.44. The average Bonchev–Trinajstić information content (AvgIpc) is 2.67. The van der Waals surface area contributed by atoms with Gasteiger partial charge in [0.25, 0.3) is 0 Å². The van der Waals surface area contributed by atoms with Crippen LogP contribution in [-0.2, 0) is 17.1 Å². The van der Waals surface area contributed by atoms with Crippen LogP contribution in [0.25, 0.3) is 0 Å². The average molecular weight is 216 g/mol. The summed E-state index contributed by atoms with van der Waals surface area (Å²) in [5.74, 6) is 0. The topological polar surface area (TPSA) is 52.0 Å². The Balaban J connectivity index is 0.000000215. The molecule has 0 aliphatic heterocycles. The van der Waals surface area contributed by atoms with Gasteiger partial charge in [-0.2, -0.15) is 30.3 Å². The van der Waals surface area contributed by atoms with Crippen molar-refractivity contribution in [2.45, 2.75) is 0 Å². The molecule has 3 heteroatoms. The summed E-state index contributed by atoms with van der Waals surface area (Å²) in [4.78, 5) is 0. The van der Waals surface area contributed by atoms with E-state index in [2.05, 4.69) is 0 Å². The molecule has 2 aromatic carbocycles. The molecule has 2 rings (SSSR count). The molecule has 2 nitrogen and oxygen atoms in total. The van der Waals surface area contributed by atoms with Crippen molar-refractivity contribution in [3.05, 3.63) is 48.5 Å². The summed E-state index contributed by atoms with van der Waals surface area (Å²) in [5, 5.41) is 0. The molecule has 4 N–H and O–H groups in total. The normalized spacial score (nSPS) is 8.00. The van der Waals surface area contributed by atoms with Gasteiger partial charge in [-0.15, -0.1) is 0 Å². The molecule has 0 aliphatic rings. The van der Waals surface area contributed by atoms with Gasteiger partial charge in [0.2, 0.25) is 0 Å². The van der Waals surface area contributed by atoms with E-state index in [1.807, 2.05) is 36.4 Å². The van der Waals surface area contributed by atoms with E-state index in [4.69, 9.17) is 11.5 Å². The van der Waals surface area contributed by atoms with Gasteiger partial charge in [-0.25, -0.2) is 18.2 Å². The molecule has 13 heavy (non-hydrogen) atoms. The number of nitrogens with two attached hydrogens (primary N) is 2. The summed E-state index contributed by atoms with van der Waals surface area (Å²) in [7, 11) is 0. The molecule has 0 bridgehead atoms. The van der Waals surface area contributed by atoms with Crippen LogP contribution in [0.2, 0.25) is 0 Å². The molecule has 0 spiro atoms. The van der Waals surface area contributed by atoms with Crippen LogP contribution in [0.15, 0.2) is 48.5 Å². The Kier molecular flexibility index (Phi) is 5.77. The third kappa shape index (κ3) is 4.41. The number of rotatable bonds is 0. The zero-order valence-corrected chi connectivity index (χ0v) is 8.23. The van der Waals surface area contributed by atoms with Gasteiger partial charge in [0.15, 0.2) is 0 Å². The van der Waals surface area contributed by atoms with Gasteiger partial charge in [0.1, 0.15) is 0 Å². The van der Waals surface area contributed by atoms with Crippen molar-refractivity contribution in [1.29, 1.82) is 0 Å². The number of nitrogen functional groups attached to an aromatic ring is 2. The van der Waals surface area contributed by atoms with Crippen LogP contribution in [0.4, 0.5) is 11.4 Å². The Morgan fingerprint density at radius 2 is 1.77 bits per heavy atom. The monoisotopic (exact) mass is 216 g/mol. The second-order valence-corrected chi connectivity index (χ2v) is 2.40. The third-order valence-electron chi connectivity index (χ3n) is 1.44. The molecule has 0 aliphatic carbocycles. The summed E-state index contributed by atoms with van der Waals surface area (Å²) in [5.41, 5.74) is 12.0. The summed E-state index contributed by atoms with van der Waals surface area (Å²) in [6, 6.07) is 15.4. The van der Waals surface area contributed by atoms with Crippen molar-refractivity contribution >= 4 is 11.4 Å². The van der Waals surface area contributed by atoms with Gasteiger partial charge >= 0.3 is 17.1 Å². The van der Waals surface area contributed by atoms with Crippen LogP contribution in [0.3, 0.4) is 0 Å². The first-order valence-corrected chi connectivity index (χ1v) is 3.74. The summed E-state index contributed by atoms with van der Waals surface area (Å²) in [6.07, 6.45) is 0. The fraction of sp³-hybridized carbons (Fsp3) is 0. The second kappa shape index (κ2) is 6.35. The van der Waals surface area contributed by atoms with Crippen LogP contribution in [0.5, 0.6) is 0 Å². The van der Waals surface area contributed by atoms with Crippen molar-refractivity contribution in [2.24, 2.45) is 0 Å². The van der Waals surface area contributed by atoms with Crippen molar-refractivity contribution in [3.8, 4) is 0 Å². The van der Waals surface area contributed by atoms with Gasteiger partial charge in [-0.1, -0.05) is 11.4 Å². The van der Waals surface area contributed by atoms with Gasteiger partial charge in [-0.3, -0.25) is 0 Å². The van der Waals surface area contributed by atoms with Gasteiger partial charge in [0, 0.05) is 0 Å². The molecule has 0 saturated carbocycles. The van der Waals surface area contributed by atoms with Crippen molar-refractivity contribution in [1.82, 2.24) is 0 Å². The number of hydrogen-bond acceptors (Lipinski definition) is 2. The quantitative estimate of drug-likeness (QED) is 0.522. The fourth-order valence-electron chi connectivity index (χ4n) is 0.769. The standard InChI is InChI=1S/C5H7N2.C5H5.Fe/c6-4-2-1-3-5(4)7;1-2-4-5-3-1;/h1-3H,6-7H2;1-5H;/q2*-1;+2. The molecule has 0 saturated heterocycles. The molecule has 0 heterocycles. The maximum Gasteiger partial charge on any atom is 2.00 e.